The lowest BCUT2D eigenvalue weighted by Crippen LogP contribution is -2.40. The van der Waals surface area contributed by atoms with Gasteiger partial charge in [0, 0.05) is 19.7 Å². The topological polar surface area (TPSA) is 66.8 Å². The Morgan fingerprint density at radius 1 is 1.56 bits per heavy atom. The highest BCUT2D eigenvalue weighted by Crippen LogP contribution is 2.16. The van der Waals surface area contributed by atoms with Crippen LogP contribution in [0, 0.1) is 11.8 Å². The third-order valence-electron chi connectivity index (χ3n) is 2.89. The summed E-state index contributed by atoms with van der Waals surface area (Å²) >= 11 is 0. The number of nitrogens with zero attached hydrogens (tertiary/aromatic N) is 1. The molecule has 0 saturated carbocycles. The molecular formula is C11H19NO4. The summed E-state index contributed by atoms with van der Waals surface area (Å²) in [4.78, 5) is 24.3. The summed E-state index contributed by atoms with van der Waals surface area (Å²) in [6.45, 7) is 5.40. The van der Waals surface area contributed by atoms with Crippen molar-refractivity contribution in [2.45, 2.75) is 20.3 Å². The Kier molecular flexibility index (Phi) is 4.73. The van der Waals surface area contributed by atoms with Gasteiger partial charge in [-0.3, -0.25) is 9.59 Å². The van der Waals surface area contributed by atoms with Crippen LogP contribution in [0.4, 0.5) is 0 Å². The smallest absolute Gasteiger partial charge is 0.308 e. The van der Waals surface area contributed by atoms with Gasteiger partial charge < -0.3 is 14.7 Å². The number of rotatable bonds is 5. The third-order valence-corrected chi connectivity index (χ3v) is 2.89. The highest BCUT2D eigenvalue weighted by molar-refractivity contribution is 5.80. The van der Waals surface area contributed by atoms with Crippen LogP contribution in [0.15, 0.2) is 0 Å². The summed E-state index contributed by atoms with van der Waals surface area (Å²) in [6, 6.07) is 0. The van der Waals surface area contributed by atoms with E-state index in [1.165, 1.54) is 0 Å². The first-order valence-corrected chi connectivity index (χ1v) is 5.65. The first-order chi connectivity index (χ1) is 7.56. The van der Waals surface area contributed by atoms with E-state index in [4.69, 9.17) is 9.84 Å². The monoisotopic (exact) mass is 229 g/mol. The number of hydrogen-bond donors (Lipinski definition) is 1. The second-order valence-electron chi connectivity index (χ2n) is 4.18. The fraction of sp³-hybridized carbons (Fsp3) is 0.818. The summed E-state index contributed by atoms with van der Waals surface area (Å²) in [6.07, 6.45) is 0.747. The second-order valence-corrected chi connectivity index (χ2v) is 4.18. The van der Waals surface area contributed by atoms with E-state index in [0.29, 0.717) is 19.8 Å². The first kappa shape index (κ1) is 13.0. The number of hydrogen-bond acceptors (Lipinski definition) is 3. The quantitative estimate of drug-likeness (QED) is 0.749. The molecule has 5 heteroatoms. The van der Waals surface area contributed by atoms with Crippen molar-refractivity contribution in [3.8, 4) is 0 Å². The van der Waals surface area contributed by atoms with Gasteiger partial charge in [-0.1, -0.05) is 6.92 Å². The number of carboxylic acid groups (broad SMARTS) is 1. The van der Waals surface area contributed by atoms with Crippen molar-refractivity contribution in [1.29, 1.82) is 0 Å². The minimum absolute atomic E-state index is 0.0214. The Labute approximate surface area is 95.4 Å². The maximum atomic E-state index is 12.0. The van der Waals surface area contributed by atoms with E-state index < -0.39 is 11.9 Å². The molecule has 0 aliphatic carbocycles. The van der Waals surface area contributed by atoms with Crippen LogP contribution in [0.1, 0.15) is 20.3 Å². The van der Waals surface area contributed by atoms with Gasteiger partial charge in [0.2, 0.25) is 5.91 Å². The van der Waals surface area contributed by atoms with Gasteiger partial charge in [-0.25, -0.2) is 0 Å². The first-order valence-electron chi connectivity index (χ1n) is 5.65. The van der Waals surface area contributed by atoms with E-state index in [1.54, 1.807) is 11.8 Å². The van der Waals surface area contributed by atoms with Crippen molar-refractivity contribution >= 4 is 11.9 Å². The van der Waals surface area contributed by atoms with E-state index in [1.807, 2.05) is 6.92 Å². The molecular weight excluding hydrogens is 210 g/mol. The summed E-state index contributed by atoms with van der Waals surface area (Å²) in [5.41, 5.74) is 0. The Balaban J connectivity index is 2.52. The maximum Gasteiger partial charge on any atom is 0.308 e. The molecule has 1 fully saturated rings. The molecule has 0 aromatic carbocycles. The number of carbonyl (C=O) groups excluding carboxylic acids is 1. The van der Waals surface area contributed by atoms with Crippen LogP contribution in [0.5, 0.6) is 0 Å². The van der Waals surface area contributed by atoms with Crippen molar-refractivity contribution in [1.82, 2.24) is 4.90 Å². The average Bonchev–Trinajstić information content (AvgIpc) is 2.77. The molecule has 0 aromatic rings. The van der Waals surface area contributed by atoms with Gasteiger partial charge in [-0.2, -0.15) is 0 Å². The average molecular weight is 229 g/mol. The Hall–Kier alpha value is -1.10. The highest BCUT2D eigenvalue weighted by atomic mass is 16.5. The molecule has 1 saturated heterocycles. The molecule has 2 unspecified atom stereocenters. The normalized spacial score (nSPS) is 21.8. The predicted molar refractivity (Wildman–Crippen MR) is 58.0 cm³/mol. The Bertz CT molecular complexity index is 261. The molecule has 1 N–H and O–H groups in total. The standard InChI is InChI=1S/C11H19NO4/c1-3-12(6-8(2)11(14)15)10(13)9-4-5-16-7-9/h8-9H,3-7H2,1-2H3,(H,14,15). The van der Waals surface area contributed by atoms with Crippen molar-refractivity contribution in [2.24, 2.45) is 11.8 Å². The van der Waals surface area contributed by atoms with E-state index in [9.17, 15) is 9.59 Å². The lowest BCUT2D eigenvalue weighted by atomic mass is 10.1. The molecule has 1 heterocycles. The Morgan fingerprint density at radius 3 is 2.69 bits per heavy atom. The van der Waals surface area contributed by atoms with Gasteiger partial charge >= 0.3 is 5.97 Å². The fourth-order valence-corrected chi connectivity index (χ4v) is 1.77. The zero-order valence-electron chi connectivity index (χ0n) is 9.81. The molecule has 1 aliphatic rings. The van der Waals surface area contributed by atoms with E-state index in [2.05, 4.69) is 0 Å². The lowest BCUT2D eigenvalue weighted by molar-refractivity contribution is -0.143. The van der Waals surface area contributed by atoms with Gasteiger partial charge in [0.05, 0.1) is 18.4 Å². The van der Waals surface area contributed by atoms with E-state index in [-0.39, 0.29) is 18.4 Å². The van der Waals surface area contributed by atoms with Gasteiger partial charge in [0.1, 0.15) is 0 Å². The zero-order valence-corrected chi connectivity index (χ0v) is 9.81. The maximum absolute atomic E-state index is 12.0. The predicted octanol–water partition coefficient (Wildman–Crippen LogP) is 0.592. The number of ether oxygens (including phenoxy) is 1. The molecule has 0 spiro atoms. The van der Waals surface area contributed by atoms with Crippen LogP contribution in [-0.4, -0.2) is 48.2 Å². The van der Waals surface area contributed by atoms with Crippen molar-refractivity contribution in [3.05, 3.63) is 0 Å². The molecule has 2 atom stereocenters. The number of carboxylic acids is 1. The molecule has 92 valence electrons. The molecule has 5 nitrogen and oxygen atoms in total. The van der Waals surface area contributed by atoms with Gasteiger partial charge in [0.15, 0.2) is 0 Å². The minimum Gasteiger partial charge on any atom is -0.481 e. The SMILES string of the molecule is CCN(CC(C)C(=O)O)C(=O)C1CCOC1. The molecule has 0 bridgehead atoms. The van der Waals surface area contributed by atoms with E-state index >= 15 is 0 Å². The van der Waals surface area contributed by atoms with Crippen LogP contribution in [-0.2, 0) is 14.3 Å². The lowest BCUT2D eigenvalue weighted by Gasteiger charge is -2.25. The molecule has 16 heavy (non-hydrogen) atoms. The van der Waals surface area contributed by atoms with Crippen LogP contribution >= 0.6 is 0 Å². The zero-order chi connectivity index (χ0) is 12.1. The third kappa shape index (κ3) is 3.20. The van der Waals surface area contributed by atoms with Crippen LogP contribution in [0.2, 0.25) is 0 Å². The van der Waals surface area contributed by atoms with Crippen LogP contribution < -0.4 is 0 Å². The van der Waals surface area contributed by atoms with E-state index in [0.717, 1.165) is 6.42 Å². The molecule has 1 amide bonds. The highest BCUT2D eigenvalue weighted by Gasteiger charge is 2.28. The summed E-state index contributed by atoms with van der Waals surface area (Å²) in [5, 5.41) is 8.81. The minimum atomic E-state index is -0.867. The van der Waals surface area contributed by atoms with Crippen molar-refractivity contribution < 1.29 is 19.4 Å². The fourth-order valence-electron chi connectivity index (χ4n) is 1.77. The molecule has 0 aromatic heterocycles. The number of amides is 1. The van der Waals surface area contributed by atoms with Gasteiger partial charge in [-0.15, -0.1) is 0 Å². The molecule has 0 radical (unpaired) electrons. The largest absolute Gasteiger partial charge is 0.481 e. The second kappa shape index (κ2) is 5.84. The number of carbonyl (C=O) groups is 2. The Morgan fingerprint density at radius 2 is 2.25 bits per heavy atom. The summed E-state index contributed by atoms with van der Waals surface area (Å²) in [7, 11) is 0. The van der Waals surface area contributed by atoms with Crippen molar-refractivity contribution in [3.63, 3.8) is 0 Å². The summed E-state index contributed by atoms with van der Waals surface area (Å²) in [5.74, 6) is -1.45. The summed E-state index contributed by atoms with van der Waals surface area (Å²) < 4.78 is 5.16. The molecule has 1 rings (SSSR count). The van der Waals surface area contributed by atoms with Gasteiger partial charge in [0.25, 0.3) is 0 Å². The van der Waals surface area contributed by atoms with Crippen LogP contribution in [0.25, 0.3) is 0 Å². The van der Waals surface area contributed by atoms with Crippen LogP contribution in [0.3, 0.4) is 0 Å². The molecule has 1 aliphatic heterocycles. The number of aliphatic carboxylic acids is 1. The van der Waals surface area contributed by atoms with Crippen molar-refractivity contribution in [2.75, 3.05) is 26.3 Å². The van der Waals surface area contributed by atoms with Gasteiger partial charge in [-0.05, 0) is 13.3 Å².